The minimum absolute atomic E-state index is 0.0495. The fourth-order valence-corrected chi connectivity index (χ4v) is 2.73. The van der Waals surface area contributed by atoms with Crippen LogP contribution < -0.4 is 5.32 Å². The summed E-state index contributed by atoms with van der Waals surface area (Å²) in [7, 11) is 1.85. The van der Waals surface area contributed by atoms with Gasteiger partial charge in [-0.15, -0.1) is 10.2 Å². The number of nitrogens with zero attached hydrogens (tertiary/aromatic N) is 4. The molecule has 1 aromatic heterocycles. The van der Waals surface area contributed by atoms with Crippen LogP contribution in [0.5, 0.6) is 0 Å². The van der Waals surface area contributed by atoms with Gasteiger partial charge in [-0.25, -0.2) is 0 Å². The number of aryl methyl sites for hydroxylation is 1. The number of likely N-dealkylation sites (tertiary alicyclic amines) is 1. The van der Waals surface area contributed by atoms with Crippen LogP contribution in [0, 0.1) is 0 Å². The lowest BCUT2D eigenvalue weighted by atomic mass is 10.1. The number of hydrogen-bond acceptors (Lipinski definition) is 4. The second-order valence-electron chi connectivity index (χ2n) is 5.12. The number of hydrogen-bond donors (Lipinski definition) is 1. The van der Waals surface area contributed by atoms with E-state index in [1.54, 1.807) is 4.90 Å². The lowest BCUT2D eigenvalue weighted by molar-refractivity contribution is -0.128. The largest absolute Gasteiger partial charge is 0.344 e. The first-order valence-corrected chi connectivity index (χ1v) is 6.65. The van der Waals surface area contributed by atoms with Crippen LogP contribution >= 0.6 is 0 Å². The second-order valence-corrected chi connectivity index (χ2v) is 5.12. The minimum atomic E-state index is -0.0495. The summed E-state index contributed by atoms with van der Waals surface area (Å²) >= 11 is 0. The number of amides is 1. The molecule has 1 atom stereocenters. The fraction of sp³-hybridized carbons (Fsp3) is 0.750. The van der Waals surface area contributed by atoms with Gasteiger partial charge in [0.15, 0.2) is 0 Å². The lowest BCUT2D eigenvalue weighted by Gasteiger charge is -2.16. The zero-order chi connectivity index (χ0) is 12.5. The predicted molar refractivity (Wildman–Crippen MR) is 65.8 cm³/mol. The molecule has 2 aliphatic heterocycles. The molecule has 98 valence electrons. The van der Waals surface area contributed by atoms with E-state index < -0.39 is 0 Å². The monoisotopic (exact) mass is 249 g/mol. The molecule has 18 heavy (non-hydrogen) atoms. The van der Waals surface area contributed by atoms with Gasteiger partial charge in [-0.3, -0.25) is 10.1 Å². The summed E-state index contributed by atoms with van der Waals surface area (Å²) in [5.41, 5.74) is 0. The van der Waals surface area contributed by atoms with Crippen LogP contribution in [0.3, 0.4) is 0 Å². The molecule has 1 saturated heterocycles. The summed E-state index contributed by atoms with van der Waals surface area (Å²) in [6.45, 7) is 2.49. The number of carbonyl (C=O) groups is 1. The molecule has 1 amide bonds. The molecule has 0 spiro atoms. The summed E-state index contributed by atoms with van der Waals surface area (Å²) in [5, 5.41) is 11.7. The van der Waals surface area contributed by atoms with Crippen molar-refractivity contribution >= 4 is 5.91 Å². The third kappa shape index (κ3) is 2.01. The van der Waals surface area contributed by atoms with Gasteiger partial charge >= 0.3 is 0 Å². The van der Waals surface area contributed by atoms with Gasteiger partial charge < -0.3 is 9.47 Å². The molecule has 1 aromatic rings. The molecule has 1 fully saturated rings. The molecular weight excluding hydrogens is 230 g/mol. The summed E-state index contributed by atoms with van der Waals surface area (Å²) in [6.07, 6.45) is 4.31. The molecule has 0 saturated carbocycles. The Balaban J connectivity index is 1.63. The topological polar surface area (TPSA) is 63.0 Å². The fourth-order valence-electron chi connectivity index (χ4n) is 2.73. The van der Waals surface area contributed by atoms with E-state index in [0.717, 1.165) is 37.6 Å². The first kappa shape index (κ1) is 11.6. The summed E-state index contributed by atoms with van der Waals surface area (Å²) in [4.78, 5) is 13.5. The van der Waals surface area contributed by atoms with Crippen molar-refractivity contribution in [2.45, 2.75) is 44.8 Å². The van der Waals surface area contributed by atoms with E-state index in [4.69, 9.17) is 0 Å². The normalized spacial score (nSPS) is 23.5. The molecule has 6 heteroatoms. The first-order valence-electron chi connectivity index (χ1n) is 6.65. The highest BCUT2D eigenvalue weighted by Gasteiger charge is 2.29. The highest BCUT2D eigenvalue weighted by molar-refractivity contribution is 5.83. The van der Waals surface area contributed by atoms with Crippen molar-refractivity contribution in [3.05, 3.63) is 11.6 Å². The van der Waals surface area contributed by atoms with Gasteiger partial charge in [0.25, 0.3) is 0 Å². The van der Waals surface area contributed by atoms with Gasteiger partial charge in [-0.2, -0.15) is 0 Å². The van der Waals surface area contributed by atoms with E-state index in [-0.39, 0.29) is 11.9 Å². The van der Waals surface area contributed by atoms with Crippen molar-refractivity contribution in [2.24, 2.45) is 0 Å². The summed E-state index contributed by atoms with van der Waals surface area (Å²) in [6, 6.07) is -0.0495. The van der Waals surface area contributed by atoms with Gasteiger partial charge in [0.1, 0.15) is 11.6 Å². The molecule has 3 heterocycles. The van der Waals surface area contributed by atoms with E-state index >= 15 is 0 Å². The number of rotatable bonds is 3. The predicted octanol–water partition coefficient (Wildman–Crippen LogP) is -0.0653. The van der Waals surface area contributed by atoms with E-state index in [1.807, 2.05) is 7.05 Å². The molecule has 3 rings (SSSR count). The molecular formula is C12H19N5O. The first-order chi connectivity index (χ1) is 8.75. The Morgan fingerprint density at radius 1 is 1.33 bits per heavy atom. The number of fused-ring (bicyclic) bond motifs is 1. The van der Waals surface area contributed by atoms with Crippen LogP contribution in [0.25, 0.3) is 0 Å². The van der Waals surface area contributed by atoms with Gasteiger partial charge in [0, 0.05) is 26.6 Å². The Labute approximate surface area is 106 Å². The van der Waals surface area contributed by atoms with E-state index in [9.17, 15) is 4.79 Å². The number of aromatic nitrogens is 3. The molecule has 0 aromatic carbocycles. The summed E-state index contributed by atoms with van der Waals surface area (Å²) < 4.78 is 2.19. The van der Waals surface area contributed by atoms with Gasteiger partial charge in [0.05, 0.1) is 12.6 Å². The third-order valence-electron chi connectivity index (χ3n) is 3.87. The highest BCUT2D eigenvalue weighted by atomic mass is 16.2. The van der Waals surface area contributed by atoms with Crippen LogP contribution in [0.1, 0.15) is 30.9 Å². The molecule has 1 unspecified atom stereocenters. The molecule has 0 radical (unpaired) electrons. The molecule has 2 aliphatic rings. The van der Waals surface area contributed by atoms with Crippen LogP contribution in [-0.4, -0.2) is 45.2 Å². The summed E-state index contributed by atoms with van der Waals surface area (Å²) in [5.74, 6) is 2.24. The maximum absolute atomic E-state index is 11.8. The van der Waals surface area contributed by atoms with Crippen LogP contribution in [-0.2, 0) is 24.3 Å². The molecule has 0 bridgehead atoms. The second kappa shape index (κ2) is 4.68. The standard InChI is InChI=1S/C12H19N5O/c1-16-7-5-9(12(16)18)13-8-11-15-14-10-4-2-3-6-17(10)11/h9,13H,2-8H2,1H3. The van der Waals surface area contributed by atoms with Gasteiger partial charge in [0.2, 0.25) is 5.91 Å². The van der Waals surface area contributed by atoms with Crippen molar-refractivity contribution in [1.82, 2.24) is 25.0 Å². The maximum Gasteiger partial charge on any atom is 0.239 e. The number of nitrogens with one attached hydrogen (secondary N) is 1. The van der Waals surface area contributed by atoms with Gasteiger partial charge in [-0.05, 0) is 19.3 Å². The third-order valence-corrected chi connectivity index (χ3v) is 3.87. The van der Waals surface area contributed by atoms with E-state index in [0.29, 0.717) is 6.54 Å². The van der Waals surface area contributed by atoms with Crippen molar-refractivity contribution in [3.8, 4) is 0 Å². The van der Waals surface area contributed by atoms with E-state index in [1.165, 1.54) is 12.8 Å². The highest BCUT2D eigenvalue weighted by Crippen LogP contribution is 2.15. The Hall–Kier alpha value is -1.43. The smallest absolute Gasteiger partial charge is 0.239 e. The number of likely N-dealkylation sites (N-methyl/N-ethyl adjacent to an activating group) is 1. The van der Waals surface area contributed by atoms with Crippen LogP contribution in [0.4, 0.5) is 0 Å². The molecule has 1 N–H and O–H groups in total. The van der Waals surface area contributed by atoms with Crippen molar-refractivity contribution in [3.63, 3.8) is 0 Å². The Bertz CT molecular complexity index is 455. The zero-order valence-corrected chi connectivity index (χ0v) is 10.7. The van der Waals surface area contributed by atoms with Crippen molar-refractivity contribution in [1.29, 1.82) is 0 Å². The van der Waals surface area contributed by atoms with Crippen LogP contribution in [0.15, 0.2) is 0 Å². The average Bonchev–Trinajstić information content (AvgIpc) is 2.94. The minimum Gasteiger partial charge on any atom is -0.344 e. The number of carbonyl (C=O) groups excluding carboxylic acids is 1. The average molecular weight is 249 g/mol. The van der Waals surface area contributed by atoms with E-state index in [2.05, 4.69) is 20.1 Å². The quantitative estimate of drug-likeness (QED) is 0.815. The van der Waals surface area contributed by atoms with Crippen molar-refractivity contribution in [2.75, 3.05) is 13.6 Å². The van der Waals surface area contributed by atoms with Crippen LogP contribution in [0.2, 0.25) is 0 Å². The zero-order valence-electron chi connectivity index (χ0n) is 10.7. The van der Waals surface area contributed by atoms with Gasteiger partial charge in [-0.1, -0.05) is 0 Å². The Morgan fingerprint density at radius 3 is 3.00 bits per heavy atom. The lowest BCUT2D eigenvalue weighted by Crippen LogP contribution is -2.37. The SMILES string of the molecule is CN1CCC(NCc2nnc3n2CCCC3)C1=O. The molecule has 6 nitrogen and oxygen atoms in total. The Morgan fingerprint density at radius 2 is 2.22 bits per heavy atom. The Kier molecular flexibility index (Phi) is 3.03. The molecule has 0 aliphatic carbocycles. The maximum atomic E-state index is 11.8. The van der Waals surface area contributed by atoms with Crippen molar-refractivity contribution < 1.29 is 4.79 Å².